The van der Waals surface area contributed by atoms with Crippen LogP contribution in [0.1, 0.15) is 44.1 Å². The van der Waals surface area contributed by atoms with E-state index in [1.165, 1.54) is 11.1 Å². The number of sulfonamides is 1. The van der Waals surface area contributed by atoms with Crippen LogP contribution in [-0.2, 0) is 21.9 Å². The molecule has 4 aromatic rings. The molecule has 4 aliphatic rings. The van der Waals surface area contributed by atoms with Crippen molar-refractivity contribution in [1.82, 2.24) is 34.3 Å². The Hall–Kier alpha value is -4.57. The first-order valence-corrected chi connectivity index (χ1v) is 20.5. The van der Waals surface area contributed by atoms with Crippen molar-refractivity contribution < 1.29 is 18.0 Å². The number of amides is 3. The molecular weight excluding hydrogens is 728 g/mol. The Morgan fingerprint density at radius 3 is 2.43 bits per heavy atom. The van der Waals surface area contributed by atoms with E-state index in [0.717, 1.165) is 68.6 Å². The average Bonchev–Trinajstić information content (AvgIpc) is 3.51. The predicted octanol–water partition coefficient (Wildman–Crippen LogP) is 4.73. The van der Waals surface area contributed by atoms with E-state index >= 15 is 0 Å². The van der Waals surface area contributed by atoms with Gasteiger partial charge in [0.15, 0.2) is 5.82 Å². The van der Waals surface area contributed by atoms with E-state index in [9.17, 15) is 18.0 Å². The first-order chi connectivity index (χ1) is 26.1. The van der Waals surface area contributed by atoms with E-state index in [2.05, 4.69) is 53.7 Å². The van der Waals surface area contributed by atoms with Gasteiger partial charge in [-0.25, -0.2) is 23.2 Å². The Bertz CT molecular complexity index is 2180. The number of piperidine rings is 2. The molecule has 0 atom stereocenters. The Balaban J connectivity index is 0.827. The topological polar surface area (TPSA) is 149 Å². The monoisotopic (exact) mass is 772 g/mol. The van der Waals surface area contributed by atoms with Gasteiger partial charge >= 0.3 is 6.03 Å². The minimum Gasteiger partial charge on any atom is -0.371 e. The zero-order valence-corrected chi connectivity index (χ0v) is 31.9. The van der Waals surface area contributed by atoms with E-state index in [1.807, 2.05) is 31.3 Å². The van der Waals surface area contributed by atoms with Crippen molar-refractivity contribution in [2.24, 2.45) is 13.0 Å². The molecule has 2 aromatic carbocycles. The van der Waals surface area contributed by atoms with Crippen LogP contribution in [0.2, 0.25) is 5.02 Å². The highest BCUT2D eigenvalue weighted by molar-refractivity contribution is 7.89. The number of aryl methyl sites for hydroxylation is 1. The van der Waals surface area contributed by atoms with E-state index in [-0.39, 0.29) is 18.4 Å². The summed E-state index contributed by atoms with van der Waals surface area (Å²) in [6.45, 7) is 5.91. The first-order valence-electron chi connectivity index (χ1n) is 18.7. The largest absolute Gasteiger partial charge is 0.371 e. The van der Waals surface area contributed by atoms with Crippen molar-refractivity contribution in [3.05, 3.63) is 71.5 Å². The predicted molar refractivity (Wildman–Crippen MR) is 209 cm³/mol. The van der Waals surface area contributed by atoms with Crippen LogP contribution in [0.25, 0.3) is 16.5 Å². The van der Waals surface area contributed by atoms with E-state index in [4.69, 9.17) is 11.6 Å². The highest BCUT2D eigenvalue weighted by atomic mass is 35.5. The van der Waals surface area contributed by atoms with Gasteiger partial charge in [0.25, 0.3) is 0 Å². The molecule has 3 amide bonds. The Morgan fingerprint density at radius 1 is 0.926 bits per heavy atom. The maximum atomic E-state index is 13.7. The fraction of sp³-hybridized carbons (Fsp3) is 0.447. The summed E-state index contributed by atoms with van der Waals surface area (Å²) in [5, 5.41) is 11.7. The number of aromatic nitrogens is 4. The molecule has 3 fully saturated rings. The van der Waals surface area contributed by atoms with E-state index in [0.29, 0.717) is 60.1 Å². The Labute approximate surface area is 320 Å². The first kappa shape index (κ1) is 36.4. The highest BCUT2D eigenvalue weighted by Gasteiger charge is 2.31. The third-order valence-corrected chi connectivity index (χ3v) is 13.3. The normalized spacial score (nSPS) is 20.0. The number of benzene rings is 2. The molecule has 4 aliphatic heterocycles. The van der Waals surface area contributed by atoms with Crippen molar-refractivity contribution in [3.8, 4) is 0 Å². The lowest BCUT2D eigenvalue weighted by atomic mass is 9.94. The lowest BCUT2D eigenvalue weighted by Crippen LogP contribution is -2.49. The number of hydrogen-bond donors (Lipinski definition) is 2. The second kappa shape index (κ2) is 15.3. The van der Waals surface area contributed by atoms with Crippen molar-refractivity contribution >= 4 is 67.5 Å². The van der Waals surface area contributed by atoms with Gasteiger partial charge in [0.1, 0.15) is 0 Å². The number of carbonyl (C=O) groups excluding carboxylic acids is 2. The average molecular weight is 773 g/mol. The Morgan fingerprint density at radius 2 is 1.70 bits per heavy atom. The second-order valence-corrected chi connectivity index (χ2v) is 17.0. The number of hydrogen-bond acceptors (Lipinski definition) is 10. The summed E-state index contributed by atoms with van der Waals surface area (Å²) in [5.41, 5.74) is 4.39. The van der Waals surface area contributed by atoms with Crippen LogP contribution in [0.4, 0.5) is 22.2 Å². The molecule has 6 heterocycles. The van der Waals surface area contributed by atoms with Gasteiger partial charge < -0.3 is 10.2 Å². The maximum Gasteiger partial charge on any atom is 0.329 e. The lowest BCUT2D eigenvalue weighted by Gasteiger charge is -2.37. The molecule has 14 nitrogen and oxygen atoms in total. The van der Waals surface area contributed by atoms with Gasteiger partial charge in [0.05, 0.1) is 27.8 Å². The number of carbonyl (C=O) groups is 2. The number of nitrogens with one attached hydrogen (secondary N) is 2. The summed E-state index contributed by atoms with van der Waals surface area (Å²) >= 11 is 5.89. The van der Waals surface area contributed by atoms with Crippen molar-refractivity contribution in [2.45, 2.75) is 49.5 Å². The smallest absolute Gasteiger partial charge is 0.329 e. The maximum absolute atomic E-state index is 13.7. The minimum absolute atomic E-state index is 0.0953. The molecule has 0 aliphatic carbocycles. The van der Waals surface area contributed by atoms with Crippen molar-refractivity contribution in [1.29, 1.82) is 0 Å². The lowest BCUT2D eigenvalue weighted by molar-refractivity contribution is -0.120. The van der Waals surface area contributed by atoms with Crippen LogP contribution in [0, 0.1) is 5.92 Å². The molecule has 0 unspecified atom stereocenters. The van der Waals surface area contributed by atoms with Gasteiger partial charge in [-0.3, -0.25) is 24.6 Å². The van der Waals surface area contributed by atoms with Crippen LogP contribution in [-0.4, -0.2) is 108 Å². The van der Waals surface area contributed by atoms with E-state index in [1.54, 1.807) is 32.3 Å². The van der Waals surface area contributed by atoms with E-state index < -0.39 is 16.1 Å². The van der Waals surface area contributed by atoms with Crippen LogP contribution < -0.4 is 20.4 Å². The summed E-state index contributed by atoms with van der Waals surface area (Å²) < 4.78 is 30.7. The SMILES string of the molecule is Cn1nc(N2CCC(=O)NC2=O)c2ccc(C3=CCN(CC4CCN(c5cccc(S(=O)(=O)N6CCC(Nc7ncc(Cl)cn7)CC6)c5)CC4)CC3)cc21. The third-order valence-electron chi connectivity index (χ3n) is 11.2. The fourth-order valence-corrected chi connectivity index (χ4v) is 9.69. The minimum atomic E-state index is -3.61. The Kier molecular flexibility index (Phi) is 10.3. The summed E-state index contributed by atoms with van der Waals surface area (Å²) in [6.07, 6.45) is 10.1. The molecule has 0 radical (unpaired) electrons. The molecule has 2 N–H and O–H groups in total. The van der Waals surface area contributed by atoms with Crippen LogP contribution in [0.3, 0.4) is 0 Å². The number of nitrogens with zero attached hydrogens (tertiary/aromatic N) is 8. The molecule has 54 heavy (non-hydrogen) atoms. The van der Waals surface area contributed by atoms with Gasteiger partial charge in [-0.15, -0.1) is 0 Å². The molecule has 3 saturated heterocycles. The quantitative estimate of drug-likeness (QED) is 0.245. The number of urea groups is 1. The number of rotatable bonds is 9. The van der Waals surface area contributed by atoms with Gasteiger partial charge in [-0.1, -0.05) is 29.8 Å². The number of imide groups is 1. The third kappa shape index (κ3) is 7.67. The van der Waals surface area contributed by atoms with Crippen LogP contribution in [0.5, 0.6) is 0 Å². The van der Waals surface area contributed by atoms with Crippen LogP contribution in [0.15, 0.2) is 65.8 Å². The van der Waals surface area contributed by atoms with Gasteiger partial charge in [-0.05, 0) is 79.5 Å². The summed E-state index contributed by atoms with van der Waals surface area (Å²) in [7, 11) is -1.73. The second-order valence-electron chi connectivity index (χ2n) is 14.6. The van der Waals surface area contributed by atoms with Crippen LogP contribution >= 0.6 is 11.6 Å². The molecule has 0 saturated carbocycles. The summed E-state index contributed by atoms with van der Waals surface area (Å²) in [6, 6.07) is 13.4. The number of halogens is 1. The number of fused-ring (bicyclic) bond motifs is 1. The molecule has 16 heteroatoms. The van der Waals surface area contributed by atoms with Gasteiger partial charge in [-0.2, -0.15) is 9.40 Å². The number of anilines is 3. The van der Waals surface area contributed by atoms with Gasteiger partial charge in [0.2, 0.25) is 21.9 Å². The highest BCUT2D eigenvalue weighted by Crippen LogP contribution is 2.33. The molecular formula is C38H45ClN10O4S. The molecule has 8 rings (SSSR count). The fourth-order valence-electron chi connectivity index (χ4n) is 8.08. The zero-order valence-electron chi connectivity index (χ0n) is 30.3. The van der Waals surface area contributed by atoms with Crippen molar-refractivity contribution in [3.63, 3.8) is 0 Å². The standard InChI is InChI=1S/C38H45ClN10O4S/c1-45-34-21-28(5-6-33(34)36(44-45)49-20-13-35(50)43-38(49)51)27-9-14-46(15-10-27)25-26-7-16-47(17-8-26)31-3-2-4-32(22-31)54(52,53)48-18-11-30(12-19-48)42-37-40-23-29(39)24-41-37/h2-6,9,21-24,26,30H,7-8,10-20,25H2,1H3,(H,40,41,42)(H,43,50,51). The molecule has 0 spiro atoms. The molecule has 284 valence electrons. The summed E-state index contributed by atoms with van der Waals surface area (Å²) in [4.78, 5) is 39.3. The van der Waals surface area contributed by atoms with Crippen molar-refractivity contribution in [2.75, 3.05) is 67.5 Å². The summed E-state index contributed by atoms with van der Waals surface area (Å²) in [5.74, 6) is 1.40. The van der Waals surface area contributed by atoms with Gasteiger partial charge in [0, 0.05) is 82.9 Å². The zero-order chi connectivity index (χ0) is 37.4. The molecule has 0 bridgehead atoms. The molecule has 2 aromatic heterocycles.